The highest BCUT2D eigenvalue weighted by Crippen LogP contribution is 2.24. The monoisotopic (exact) mass is 282 g/mol. The largest absolute Gasteiger partial charge is 0.507 e. The molecule has 104 valence electrons. The lowest BCUT2D eigenvalue weighted by Gasteiger charge is -2.13. The number of phenolic OH excluding ortho intramolecular Hbond substituents is 1. The quantitative estimate of drug-likeness (QED) is 0.557. The Bertz CT molecular complexity index is 707. The maximum absolute atomic E-state index is 11.0. The average molecular weight is 282 g/mol. The topological polar surface area (TPSA) is 134 Å². The number of nitriles is 2. The molecular formula is C13H10N6O2. The Morgan fingerprint density at radius 1 is 1.38 bits per heavy atom. The molecule has 0 saturated heterocycles. The van der Waals surface area contributed by atoms with E-state index in [4.69, 9.17) is 10.5 Å². The van der Waals surface area contributed by atoms with Gasteiger partial charge in [-0.05, 0) is 12.1 Å². The fourth-order valence-corrected chi connectivity index (χ4v) is 1.71. The van der Waals surface area contributed by atoms with E-state index in [9.17, 15) is 9.90 Å². The van der Waals surface area contributed by atoms with Crippen LogP contribution in [0.1, 0.15) is 18.4 Å². The molecule has 1 aromatic rings. The molecule has 0 fully saturated rings. The molecule has 0 aromatic heterocycles. The number of carbonyl (C=O) groups is 1. The number of benzene rings is 1. The molecule has 1 aliphatic heterocycles. The molecular weight excluding hydrogens is 272 g/mol. The summed E-state index contributed by atoms with van der Waals surface area (Å²) in [6.45, 7) is 0. The van der Waals surface area contributed by atoms with Crippen LogP contribution in [0.25, 0.3) is 0 Å². The predicted molar refractivity (Wildman–Crippen MR) is 74.3 cm³/mol. The van der Waals surface area contributed by atoms with Crippen LogP contribution >= 0.6 is 0 Å². The lowest BCUT2D eigenvalue weighted by molar-refractivity contribution is -0.121. The summed E-state index contributed by atoms with van der Waals surface area (Å²) >= 11 is 0. The van der Waals surface area contributed by atoms with E-state index in [0.29, 0.717) is 29.8 Å². The SMILES string of the molecule is N#CC(C#N)=NNc1ccc(C2=NNC(=O)CC2)c(O)c1. The maximum Gasteiger partial charge on any atom is 0.240 e. The number of aromatic hydroxyl groups is 1. The summed E-state index contributed by atoms with van der Waals surface area (Å²) in [5, 5.41) is 34.5. The van der Waals surface area contributed by atoms with Gasteiger partial charge in [-0.3, -0.25) is 10.2 Å². The van der Waals surface area contributed by atoms with Gasteiger partial charge in [0, 0.05) is 24.5 Å². The summed E-state index contributed by atoms with van der Waals surface area (Å²) in [7, 11) is 0. The molecule has 2 rings (SSSR count). The summed E-state index contributed by atoms with van der Waals surface area (Å²) in [6, 6.07) is 7.84. The van der Waals surface area contributed by atoms with Crippen molar-refractivity contribution in [3.63, 3.8) is 0 Å². The highest BCUT2D eigenvalue weighted by atomic mass is 16.3. The number of nitrogens with one attached hydrogen (secondary N) is 2. The van der Waals surface area contributed by atoms with Crippen LogP contribution in [-0.4, -0.2) is 22.4 Å². The van der Waals surface area contributed by atoms with E-state index in [-0.39, 0.29) is 17.4 Å². The van der Waals surface area contributed by atoms with Crippen LogP contribution in [0.2, 0.25) is 0 Å². The molecule has 1 heterocycles. The Morgan fingerprint density at radius 2 is 2.14 bits per heavy atom. The van der Waals surface area contributed by atoms with Crippen molar-refractivity contribution in [3.8, 4) is 17.9 Å². The summed E-state index contributed by atoms with van der Waals surface area (Å²) < 4.78 is 0. The van der Waals surface area contributed by atoms with Crippen LogP contribution in [0.3, 0.4) is 0 Å². The summed E-state index contributed by atoms with van der Waals surface area (Å²) in [5.74, 6) is -0.202. The van der Waals surface area contributed by atoms with Crippen LogP contribution in [0.5, 0.6) is 5.75 Å². The smallest absolute Gasteiger partial charge is 0.240 e. The summed E-state index contributed by atoms with van der Waals surface area (Å²) in [6.07, 6.45) is 0.758. The van der Waals surface area contributed by atoms with E-state index in [1.165, 1.54) is 6.07 Å². The average Bonchev–Trinajstić information content (AvgIpc) is 2.49. The number of rotatable bonds is 3. The maximum atomic E-state index is 11.0. The van der Waals surface area contributed by atoms with E-state index in [0.717, 1.165) is 0 Å². The van der Waals surface area contributed by atoms with Gasteiger partial charge in [0.2, 0.25) is 11.6 Å². The third-order valence-corrected chi connectivity index (χ3v) is 2.72. The van der Waals surface area contributed by atoms with Crippen molar-refractivity contribution in [1.82, 2.24) is 5.43 Å². The molecule has 0 saturated carbocycles. The zero-order valence-electron chi connectivity index (χ0n) is 10.8. The number of phenols is 1. The molecule has 8 heteroatoms. The van der Waals surface area contributed by atoms with Gasteiger partial charge >= 0.3 is 0 Å². The molecule has 0 atom stereocenters. The van der Waals surface area contributed by atoms with Gasteiger partial charge in [-0.2, -0.15) is 20.7 Å². The van der Waals surface area contributed by atoms with Gasteiger partial charge in [-0.15, -0.1) is 0 Å². The number of hydrogen-bond acceptors (Lipinski definition) is 7. The molecule has 1 aliphatic rings. The fraction of sp³-hybridized carbons (Fsp3) is 0.154. The van der Waals surface area contributed by atoms with Gasteiger partial charge in [-0.25, -0.2) is 5.43 Å². The van der Waals surface area contributed by atoms with Crippen LogP contribution in [-0.2, 0) is 4.79 Å². The van der Waals surface area contributed by atoms with Gasteiger partial charge in [-0.1, -0.05) is 0 Å². The van der Waals surface area contributed by atoms with Gasteiger partial charge in [0.15, 0.2) is 0 Å². The van der Waals surface area contributed by atoms with Gasteiger partial charge < -0.3 is 5.11 Å². The highest BCUT2D eigenvalue weighted by Gasteiger charge is 2.16. The third-order valence-electron chi connectivity index (χ3n) is 2.72. The standard InChI is InChI=1S/C13H10N6O2/c14-6-9(7-15)17-16-8-1-2-10(12(20)5-8)11-3-4-13(21)19-18-11/h1-2,5,16,20H,3-4H2,(H,19,21). The first-order valence-corrected chi connectivity index (χ1v) is 5.96. The van der Waals surface area contributed by atoms with E-state index >= 15 is 0 Å². The first kappa shape index (κ1) is 14.0. The third kappa shape index (κ3) is 3.33. The number of hydrogen-bond donors (Lipinski definition) is 3. The summed E-state index contributed by atoms with van der Waals surface area (Å²) in [4.78, 5) is 11.0. The van der Waals surface area contributed by atoms with Crippen molar-refractivity contribution in [2.75, 3.05) is 5.43 Å². The zero-order chi connectivity index (χ0) is 15.2. The van der Waals surface area contributed by atoms with Crippen LogP contribution in [0.4, 0.5) is 5.69 Å². The molecule has 1 aromatic carbocycles. The molecule has 0 radical (unpaired) electrons. The van der Waals surface area contributed by atoms with Crippen LogP contribution < -0.4 is 10.9 Å². The predicted octanol–water partition coefficient (Wildman–Crippen LogP) is 0.821. The molecule has 0 unspecified atom stereocenters. The van der Waals surface area contributed by atoms with Crippen molar-refractivity contribution in [2.45, 2.75) is 12.8 Å². The Kier molecular flexibility index (Phi) is 4.12. The number of amides is 1. The molecule has 1 amide bonds. The normalized spacial score (nSPS) is 13.2. The first-order valence-electron chi connectivity index (χ1n) is 5.96. The van der Waals surface area contributed by atoms with Crippen molar-refractivity contribution >= 4 is 23.0 Å². The molecule has 3 N–H and O–H groups in total. The lowest BCUT2D eigenvalue weighted by atomic mass is 10.0. The molecule has 8 nitrogen and oxygen atoms in total. The summed E-state index contributed by atoms with van der Waals surface area (Å²) in [5.41, 5.74) is 6.03. The molecule has 0 spiro atoms. The second-order valence-corrected chi connectivity index (χ2v) is 4.12. The Morgan fingerprint density at radius 3 is 2.71 bits per heavy atom. The minimum Gasteiger partial charge on any atom is -0.507 e. The second-order valence-electron chi connectivity index (χ2n) is 4.12. The van der Waals surface area contributed by atoms with Crippen molar-refractivity contribution < 1.29 is 9.90 Å². The van der Waals surface area contributed by atoms with Crippen molar-refractivity contribution in [1.29, 1.82) is 10.5 Å². The van der Waals surface area contributed by atoms with E-state index in [1.54, 1.807) is 24.3 Å². The molecule has 0 bridgehead atoms. The van der Waals surface area contributed by atoms with Gasteiger partial charge in [0.25, 0.3) is 0 Å². The van der Waals surface area contributed by atoms with E-state index in [1.807, 2.05) is 0 Å². The Labute approximate surface area is 120 Å². The zero-order valence-corrected chi connectivity index (χ0v) is 10.8. The number of carbonyl (C=O) groups excluding carboxylic acids is 1. The van der Waals surface area contributed by atoms with Crippen LogP contribution in [0, 0.1) is 22.7 Å². The number of anilines is 1. The van der Waals surface area contributed by atoms with Crippen LogP contribution in [0.15, 0.2) is 28.4 Å². The van der Waals surface area contributed by atoms with Crippen molar-refractivity contribution in [3.05, 3.63) is 23.8 Å². The number of hydrazone groups is 2. The minimum absolute atomic E-state index is 0.0411. The lowest BCUT2D eigenvalue weighted by Crippen LogP contribution is -2.25. The molecule has 21 heavy (non-hydrogen) atoms. The fourth-order valence-electron chi connectivity index (χ4n) is 1.71. The van der Waals surface area contributed by atoms with Crippen molar-refractivity contribution in [2.24, 2.45) is 10.2 Å². The number of nitrogens with zero attached hydrogens (tertiary/aromatic N) is 4. The Hall–Kier alpha value is -3.39. The minimum atomic E-state index is -0.321. The van der Waals surface area contributed by atoms with Gasteiger partial charge in [0.1, 0.15) is 17.9 Å². The highest BCUT2D eigenvalue weighted by molar-refractivity contribution is 6.10. The first-order chi connectivity index (χ1) is 10.1. The Balaban J connectivity index is 2.19. The van der Waals surface area contributed by atoms with E-state index in [2.05, 4.69) is 21.1 Å². The molecule has 0 aliphatic carbocycles. The van der Waals surface area contributed by atoms with Gasteiger partial charge in [0.05, 0.1) is 11.4 Å². The second kappa shape index (κ2) is 6.17. The van der Waals surface area contributed by atoms with E-state index < -0.39 is 0 Å².